The molecule has 8 heteroatoms. The number of benzene rings is 1. The maximum atomic E-state index is 12.9. The first-order valence-corrected chi connectivity index (χ1v) is 13.3. The van der Waals surface area contributed by atoms with Gasteiger partial charge in [0.2, 0.25) is 10.0 Å². The van der Waals surface area contributed by atoms with E-state index >= 15 is 0 Å². The van der Waals surface area contributed by atoms with E-state index in [1.165, 1.54) is 28.6 Å². The third kappa shape index (κ3) is 6.05. The molecule has 0 aliphatic carbocycles. The van der Waals surface area contributed by atoms with Crippen molar-refractivity contribution in [2.45, 2.75) is 52.1 Å². The van der Waals surface area contributed by atoms with Gasteiger partial charge >= 0.3 is 0 Å². The van der Waals surface area contributed by atoms with Crippen molar-refractivity contribution in [3.8, 4) is 0 Å². The molecule has 3 rings (SSSR count). The molecule has 0 spiro atoms. The minimum absolute atomic E-state index is 0.146. The predicted molar refractivity (Wildman–Crippen MR) is 131 cm³/mol. The first kappa shape index (κ1) is 25.5. The number of piperidine rings is 1. The fourth-order valence-electron chi connectivity index (χ4n) is 4.93. The number of nitrogens with one attached hydrogen (secondary N) is 1. The molecule has 1 N–H and O–H groups in total. The smallest absolute Gasteiger partial charge is 0.268 e. The monoisotopic (exact) mass is 474 g/mol. The van der Waals surface area contributed by atoms with Crippen LogP contribution in [0.4, 0.5) is 0 Å². The van der Waals surface area contributed by atoms with Crippen LogP contribution < -0.4 is 5.32 Å². The molecular formula is C25H38N4O3S. The largest absolute Gasteiger partial charge is 0.347 e. The van der Waals surface area contributed by atoms with Gasteiger partial charge in [0, 0.05) is 52.5 Å². The normalized spacial score (nSPS) is 19.7. The fourth-order valence-corrected chi connectivity index (χ4v) is 6.46. The lowest BCUT2D eigenvalue weighted by Gasteiger charge is -2.35. The summed E-state index contributed by atoms with van der Waals surface area (Å²) in [5.74, 6) is 1.10. The summed E-state index contributed by atoms with van der Waals surface area (Å²) in [7, 11) is -1.91. The Morgan fingerprint density at radius 2 is 1.70 bits per heavy atom. The van der Waals surface area contributed by atoms with Crippen LogP contribution in [0, 0.1) is 11.8 Å². The summed E-state index contributed by atoms with van der Waals surface area (Å²) in [6.07, 6.45) is 2.78. The number of carbonyl (C=O) groups excluding carboxylic acids is 1. The van der Waals surface area contributed by atoms with Crippen LogP contribution in [-0.2, 0) is 30.2 Å². The number of aromatic nitrogens is 1. The molecule has 7 nitrogen and oxygen atoms in total. The Labute approximate surface area is 198 Å². The molecule has 0 radical (unpaired) electrons. The van der Waals surface area contributed by atoms with Crippen molar-refractivity contribution in [3.05, 3.63) is 53.3 Å². The second kappa shape index (κ2) is 10.8. The molecule has 1 fully saturated rings. The summed E-state index contributed by atoms with van der Waals surface area (Å²) in [6, 6.07) is 9.67. The highest BCUT2D eigenvalue weighted by molar-refractivity contribution is 7.89. The van der Waals surface area contributed by atoms with Gasteiger partial charge < -0.3 is 9.88 Å². The van der Waals surface area contributed by atoms with Crippen molar-refractivity contribution in [1.82, 2.24) is 19.1 Å². The Hall–Kier alpha value is -2.16. The number of nitrogens with zero attached hydrogens (tertiary/aromatic N) is 3. The Morgan fingerprint density at radius 3 is 2.30 bits per heavy atom. The van der Waals surface area contributed by atoms with Gasteiger partial charge in [-0.1, -0.05) is 52.0 Å². The van der Waals surface area contributed by atoms with Gasteiger partial charge in [-0.05, 0) is 35.4 Å². The van der Waals surface area contributed by atoms with E-state index in [1.54, 1.807) is 25.5 Å². The number of sulfonamides is 1. The van der Waals surface area contributed by atoms with Crippen molar-refractivity contribution >= 4 is 15.9 Å². The van der Waals surface area contributed by atoms with E-state index in [0.29, 0.717) is 37.2 Å². The van der Waals surface area contributed by atoms with E-state index in [2.05, 4.69) is 30.1 Å². The number of hydrogen-bond acceptors (Lipinski definition) is 4. The SMILES string of the molecule is CCN(CC)S(=O)(=O)c1cc(C(=O)NCc2ccccc2CN2CC(C)CC(C)C2)n(C)c1. The van der Waals surface area contributed by atoms with Crippen LogP contribution >= 0.6 is 0 Å². The van der Waals surface area contributed by atoms with E-state index in [0.717, 1.165) is 25.2 Å². The predicted octanol–water partition coefficient (Wildman–Crippen LogP) is 3.46. The number of rotatable bonds is 9. The highest BCUT2D eigenvalue weighted by Crippen LogP contribution is 2.24. The zero-order valence-electron chi connectivity index (χ0n) is 20.5. The van der Waals surface area contributed by atoms with Crippen molar-refractivity contribution in [1.29, 1.82) is 0 Å². The second-order valence-corrected chi connectivity index (χ2v) is 11.3. The van der Waals surface area contributed by atoms with Crippen LogP contribution in [0.25, 0.3) is 0 Å². The molecule has 33 heavy (non-hydrogen) atoms. The first-order chi connectivity index (χ1) is 15.6. The van der Waals surface area contributed by atoms with Gasteiger partial charge in [0.05, 0.1) is 0 Å². The van der Waals surface area contributed by atoms with Gasteiger partial charge in [-0.25, -0.2) is 8.42 Å². The molecule has 1 aliphatic rings. The molecule has 0 bridgehead atoms. The van der Waals surface area contributed by atoms with E-state index < -0.39 is 10.0 Å². The number of hydrogen-bond donors (Lipinski definition) is 1. The number of amides is 1. The highest BCUT2D eigenvalue weighted by Gasteiger charge is 2.26. The molecule has 1 aromatic heterocycles. The molecular weight excluding hydrogens is 436 g/mol. The van der Waals surface area contributed by atoms with Crippen LogP contribution in [0.2, 0.25) is 0 Å². The van der Waals surface area contributed by atoms with Gasteiger partial charge in [-0.2, -0.15) is 4.31 Å². The average molecular weight is 475 g/mol. The molecule has 2 unspecified atom stereocenters. The summed E-state index contributed by atoms with van der Waals surface area (Å²) in [4.78, 5) is 15.6. The summed E-state index contributed by atoms with van der Waals surface area (Å²) in [5.41, 5.74) is 2.63. The summed E-state index contributed by atoms with van der Waals surface area (Å²) >= 11 is 0. The molecule has 2 aromatic rings. The van der Waals surface area contributed by atoms with Gasteiger partial charge in [0.15, 0.2) is 0 Å². The third-order valence-electron chi connectivity index (χ3n) is 6.45. The Kier molecular flexibility index (Phi) is 8.37. The van der Waals surface area contributed by atoms with Gasteiger partial charge in [-0.3, -0.25) is 9.69 Å². The zero-order chi connectivity index (χ0) is 24.2. The number of carbonyl (C=O) groups is 1. The Bertz CT molecular complexity index is 1050. The highest BCUT2D eigenvalue weighted by atomic mass is 32.2. The van der Waals surface area contributed by atoms with E-state index in [-0.39, 0.29) is 10.8 Å². The van der Waals surface area contributed by atoms with Gasteiger partial charge in [0.1, 0.15) is 10.6 Å². The summed E-state index contributed by atoms with van der Waals surface area (Å²) < 4.78 is 28.6. The molecule has 2 atom stereocenters. The minimum atomic E-state index is -3.61. The van der Waals surface area contributed by atoms with Crippen LogP contribution in [-0.4, -0.2) is 54.3 Å². The maximum Gasteiger partial charge on any atom is 0.268 e. The minimum Gasteiger partial charge on any atom is -0.347 e. The topological polar surface area (TPSA) is 74.7 Å². The van der Waals surface area contributed by atoms with E-state index in [4.69, 9.17) is 0 Å². The van der Waals surface area contributed by atoms with E-state index in [9.17, 15) is 13.2 Å². The lowest BCUT2D eigenvalue weighted by atomic mass is 9.91. The molecule has 1 saturated heterocycles. The molecule has 182 valence electrons. The van der Waals surface area contributed by atoms with Gasteiger partial charge in [0.25, 0.3) is 5.91 Å². The molecule has 1 amide bonds. The maximum absolute atomic E-state index is 12.9. The Balaban J connectivity index is 1.70. The zero-order valence-corrected chi connectivity index (χ0v) is 21.4. The molecule has 2 heterocycles. The fraction of sp³-hybridized carbons (Fsp3) is 0.560. The second-order valence-electron chi connectivity index (χ2n) is 9.35. The van der Waals surface area contributed by atoms with Crippen LogP contribution in [0.15, 0.2) is 41.4 Å². The van der Waals surface area contributed by atoms with E-state index in [1.807, 2.05) is 18.2 Å². The lowest BCUT2D eigenvalue weighted by molar-refractivity contribution is 0.0942. The van der Waals surface area contributed by atoms with Crippen molar-refractivity contribution in [2.75, 3.05) is 26.2 Å². The van der Waals surface area contributed by atoms with Gasteiger partial charge in [-0.15, -0.1) is 0 Å². The number of likely N-dealkylation sites (tertiary alicyclic amines) is 1. The summed E-state index contributed by atoms with van der Waals surface area (Å²) in [6.45, 7) is 12.5. The Morgan fingerprint density at radius 1 is 1.09 bits per heavy atom. The van der Waals surface area contributed by atoms with Crippen molar-refractivity contribution < 1.29 is 13.2 Å². The average Bonchev–Trinajstić information content (AvgIpc) is 3.15. The quantitative estimate of drug-likeness (QED) is 0.604. The molecule has 1 aromatic carbocycles. The first-order valence-electron chi connectivity index (χ1n) is 11.9. The summed E-state index contributed by atoms with van der Waals surface area (Å²) in [5, 5.41) is 2.99. The van der Waals surface area contributed by atoms with Crippen LogP contribution in [0.5, 0.6) is 0 Å². The standard InChI is InChI=1S/C25H38N4O3S/c1-6-29(7-2)33(31,32)23-13-24(27(5)18-23)25(30)26-14-21-10-8-9-11-22(21)17-28-15-19(3)12-20(4)16-28/h8-11,13,18-20H,6-7,12,14-17H2,1-5H3,(H,26,30). The number of aryl methyl sites for hydroxylation is 1. The van der Waals surface area contributed by atoms with Crippen LogP contribution in [0.1, 0.15) is 55.7 Å². The molecule has 0 saturated carbocycles. The lowest BCUT2D eigenvalue weighted by Crippen LogP contribution is -2.38. The van der Waals surface area contributed by atoms with Crippen LogP contribution in [0.3, 0.4) is 0 Å². The van der Waals surface area contributed by atoms with Crippen molar-refractivity contribution in [2.24, 2.45) is 18.9 Å². The van der Waals surface area contributed by atoms with Crippen molar-refractivity contribution in [3.63, 3.8) is 0 Å². The third-order valence-corrected chi connectivity index (χ3v) is 8.47. The molecule has 1 aliphatic heterocycles.